The number of fused-ring (bicyclic) bond motifs is 1. The number of likely N-dealkylation sites (tertiary alicyclic amines) is 1. The first-order chi connectivity index (χ1) is 14.8. The molecule has 0 spiro atoms. The average Bonchev–Trinajstić information content (AvgIpc) is 3.55. The van der Waals surface area contributed by atoms with Gasteiger partial charge in [0.15, 0.2) is 5.82 Å². The van der Waals surface area contributed by atoms with Crippen LogP contribution in [0.3, 0.4) is 0 Å². The fourth-order valence-electron chi connectivity index (χ4n) is 4.63. The van der Waals surface area contributed by atoms with Gasteiger partial charge in [0.2, 0.25) is 5.89 Å². The van der Waals surface area contributed by atoms with E-state index in [1.54, 1.807) is 0 Å². The molecule has 1 aliphatic carbocycles. The Morgan fingerprint density at radius 2 is 2.10 bits per heavy atom. The number of nitrogens with zero attached hydrogens (tertiary/aromatic N) is 3. The van der Waals surface area contributed by atoms with Crippen LogP contribution >= 0.6 is 0 Å². The lowest BCUT2D eigenvalue weighted by atomic mass is 10.1. The molecule has 0 radical (unpaired) electrons. The molecule has 3 aromatic rings. The number of para-hydroxylation sites is 1. The number of hydrogen-bond acceptors (Lipinski definition) is 5. The molecule has 1 aromatic carbocycles. The van der Waals surface area contributed by atoms with E-state index in [4.69, 9.17) is 9.26 Å². The number of H-pyrrole nitrogens is 1. The van der Waals surface area contributed by atoms with Crippen LogP contribution in [0.2, 0.25) is 0 Å². The molecule has 30 heavy (non-hydrogen) atoms. The highest BCUT2D eigenvalue weighted by molar-refractivity contribution is 5.98. The summed E-state index contributed by atoms with van der Waals surface area (Å²) in [5, 5.41) is 5.16. The zero-order valence-corrected chi connectivity index (χ0v) is 17.2. The zero-order valence-electron chi connectivity index (χ0n) is 17.2. The van der Waals surface area contributed by atoms with E-state index in [2.05, 4.69) is 15.1 Å². The highest BCUT2D eigenvalue weighted by Gasteiger charge is 2.32. The predicted molar refractivity (Wildman–Crippen MR) is 112 cm³/mol. The van der Waals surface area contributed by atoms with Crippen molar-refractivity contribution in [1.82, 2.24) is 20.0 Å². The molecule has 1 saturated carbocycles. The third-order valence-electron chi connectivity index (χ3n) is 6.37. The maximum Gasteiger partial charge on any atom is 0.270 e. The lowest BCUT2D eigenvalue weighted by Gasteiger charge is -2.14. The Hall–Kier alpha value is -2.67. The van der Waals surface area contributed by atoms with Crippen molar-refractivity contribution in [2.45, 2.75) is 44.4 Å². The van der Waals surface area contributed by atoms with E-state index in [0.29, 0.717) is 43.5 Å². The molecule has 1 N–H and O–H groups in total. The number of aromatic nitrogens is 3. The molecule has 1 unspecified atom stereocenters. The quantitative estimate of drug-likeness (QED) is 0.599. The van der Waals surface area contributed by atoms with E-state index in [0.717, 1.165) is 29.8 Å². The molecule has 1 atom stereocenters. The maximum absolute atomic E-state index is 12.9. The molecule has 1 amide bonds. The second kappa shape index (κ2) is 8.60. The number of carbonyl (C=O) groups excluding carboxylic acids is 1. The van der Waals surface area contributed by atoms with Gasteiger partial charge in [-0.3, -0.25) is 4.79 Å². The van der Waals surface area contributed by atoms with Gasteiger partial charge >= 0.3 is 0 Å². The Bertz CT molecular complexity index is 972. The van der Waals surface area contributed by atoms with Crippen LogP contribution in [0.4, 0.5) is 0 Å². The summed E-state index contributed by atoms with van der Waals surface area (Å²) in [6, 6.07) is 9.85. The number of amides is 1. The monoisotopic (exact) mass is 408 g/mol. The van der Waals surface area contributed by atoms with Gasteiger partial charge in [-0.05, 0) is 37.3 Å². The molecule has 1 saturated heterocycles. The fourth-order valence-corrected chi connectivity index (χ4v) is 4.63. The van der Waals surface area contributed by atoms with Crippen LogP contribution in [-0.4, -0.2) is 52.2 Å². The third kappa shape index (κ3) is 4.12. The van der Waals surface area contributed by atoms with Crippen molar-refractivity contribution in [3.8, 4) is 0 Å². The predicted octanol–water partition coefficient (Wildman–Crippen LogP) is 3.93. The maximum atomic E-state index is 12.9. The minimum Gasteiger partial charge on any atom is -0.381 e. The van der Waals surface area contributed by atoms with Crippen molar-refractivity contribution in [3.05, 3.63) is 47.7 Å². The van der Waals surface area contributed by atoms with Crippen molar-refractivity contribution in [2.75, 3.05) is 26.3 Å². The summed E-state index contributed by atoms with van der Waals surface area (Å²) in [6.07, 6.45) is 6.77. The van der Waals surface area contributed by atoms with Gasteiger partial charge in [0.05, 0.1) is 12.5 Å². The van der Waals surface area contributed by atoms with Gasteiger partial charge in [0.1, 0.15) is 5.69 Å². The van der Waals surface area contributed by atoms with E-state index in [9.17, 15) is 4.79 Å². The van der Waals surface area contributed by atoms with Crippen LogP contribution in [0, 0.1) is 5.92 Å². The van der Waals surface area contributed by atoms with Gasteiger partial charge in [-0.25, -0.2) is 0 Å². The van der Waals surface area contributed by atoms with Crippen LogP contribution < -0.4 is 0 Å². The van der Waals surface area contributed by atoms with Gasteiger partial charge in [-0.2, -0.15) is 4.98 Å². The lowest BCUT2D eigenvalue weighted by Crippen LogP contribution is -2.28. The van der Waals surface area contributed by atoms with E-state index in [-0.39, 0.29) is 11.8 Å². The zero-order chi connectivity index (χ0) is 20.3. The Morgan fingerprint density at radius 1 is 1.23 bits per heavy atom. The smallest absolute Gasteiger partial charge is 0.270 e. The molecule has 0 bridgehead atoms. The van der Waals surface area contributed by atoms with Crippen molar-refractivity contribution < 1.29 is 14.1 Å². The molecule has 2 aliphatic rings. The minimum absolute atomic E-state index is 0.0220. The molecular weight excluding hydrogens is 380 g/mol. The summed E-state index contributed by atoms with van der Waals surface area (Å²) in [7, 11) is 0. The van der Waals surface area contributed by atoms with E-state index < -0.39 is 0 Å². The highest BCUT2D eigenvalue weighted by atomic mass is 16.5. The second-order valence-corrected chi connectivity index (χ2v) is 8.53. The Morgan fingerprint density at radius 3 is 2.97 bits per heavy atom. The molecule has 1 aliphatic heterocycles. The molecule has 2 fully saturated rings. The normalized spacial score (nSPS) is 19.9. The summed E-state index contributed by atoms with van der Waals surface area (Å²) in [5.41, 5.74) is 1.61. The van der Waals surface area contributed by atoms with E-state index >= 15 is 0 Å². The summed E-state index contributed by atoms with van der Waals surface area (Å²) in [5.74, 6) is 2.17. The van der Waals surface area contributed by atoms with Crippen molar-refractivity contribution in [3.63, 3.8) is 0 Å². The topological polar surface area (TPSA) is 84.2 Å². The van der Waals surface area contributed by atoms with Gasteiger partial charge in [-0.15, -0.1) is 0 Å². The number of benzene rings is 1. The van der Waals surface area contributed by atoms with Crippen molar-refractivity contribution in [1.29, 1.82) is 0 Å². The second-order valence-electron chi connectivity index (χ2n) is 8.53. The summed E-state index contributed by atoms with van der Waals surface area (Å²) < 4.78 is 11.3. The first kappa shape index (κ1) is 19.3. The van der Waals surface area contributed by atoms with Crippen LogP contribution in [0.15, 0.2) is 34.9 Å². The van der Waals surface area contributed by atoms with Gasteiger partial charge in [0.25, 0.3) is 5.91 Å². The summed E-state index contributed by atoms with van der Waals surface area (Å²) in [4.78, 5) is 22.5. The number of aromatic amines is 1. The number of rotatable bonds is 7. The molecule has 7 heteroatoms. The largest absolute Gasteiger partial charge is 0.381 e. The Labute approximate surface area is 175 Å². The molecular formula is C23H28N4O3. The molecule has 7 nitrogen and oxygen atoms in total. The number of carbonyl (C=O) groups is 1. The minimum atomic E-state index is 0.0220. The van der Waals surface area contributed by atoms with Crippen LogP contribution in [-0.2, 0) is 11.2 Å². The summed E-state index contributed by atoms with van der Waals surface area (Å²) >= 11 is 0. The van der Waals surface area contributed by atoms with Crippen LogP contribution in [0.1, 0.15) is 60.2 Å². The van der Waals surface area contributed by atoms with E-state index in [1.807, 2.05) is 35.2 Å². The van der Waals surface area contributed by atoms with Crippen molar-refractivity contribution in [2.24, 2.45) is 5.92 Å². The molecule has 158 valence electrons. The third-order valence-corrected chi connectivity index (χ3v) is 6.37. The van der Waals surface area contributed by atoms with Crippen LogP contribution in [0.25, 0.3) is 10.9 Å². The van der Waals surface area contributed by atoms with Gasteiger partial charge in [-0.1, -0.05) is 36.2 Å². The molecule has 3 heterocycles. The highest BCUT2D eigenvalue weighted by Crippen LogP contribution is 2.28. The molecule has 2 aromatic heterocycles. The number of nitrogens with one attached hydrogen (secondary N) is 1. The average molecular weight is 409 g/mol. The van der Waals surface area contributed by atoms with Gasteiger partial charge in [0, 0.05) is 37.0 Å². The first-order valence-corrected chi connectivity index (χ1v) is 11.0. The van der Waals surface area contributed by atoms with Crippen LogP contribution in [0.5, 0.6) is 0 Å². The first-order valence-electron chi connectivity index (χ1n) is 11.0. The molecule has 5 rings (SSSR count). The Kier molecular flexibility index (Phi) is 5.53. The fraction of sp³-hybridized carbons (Fsp3) is 0.522. The standard InChI is InChI=1S/C23H28N4O3/c28-23(20-13-17-7-3-4-8-19(17)24-20)27-11-9-18(14-27)22-25-21(26-30-22)10-12-29-15-16-5-1-2-6-16/h3-4,7-8,13,16,18,24H,1-2,5-6,9-12,14-15H2. The Balaban J connectivity index is 1.13. The van der Waals surface area contributed by atoms with Crippen molar-refractivity contribution >= 4 is 16.8 Å². The SMILES string of the molecule is O=C(c1cc2ccccc2[nH]1)N1CCC(c2nc(CCOCC3CCCC3)no2)C1. The van der Waals surface area contributed by atoms with Gasteiger partial charge < -0.3 is 19.1 Å². The summed E-state index contributed by atoms with van der Waals surface area (Å²) in [6.45, 7) is 2.78. The number of ether oxygens (including phenoxy) is 1. The lowest BCUT2D eigenvalue weighted by molar-refractivity contribution is 0.0784. The number of hydrogen-bond donors (Lipinski definition) is 1. The van der Waals surface area contributed by atoms with E-state index in [1.165, 1.54) is 25.7 Å².